The number of carbonyl (C=O) groups is 2. The van der Waals surface area contributed by atoms with E-state index in [-0.39, 0.29) is 53.0 Å². The van der Waals surface area contributed by atoms with Crippen LogP contribution < -0.4 is 16.8 Å². The lowest BCUT2D eigenvalue weighted by Gasteiger charge is -2.73. The van der Waals surface area contributed by atoms with Crippen molar-refractivity contribution < 1.29 is 14.0 Å². The maximum absolute atomic E-state index is 13.4. The molecule has 174 valence electrons. The molecule has 2 amide bonds. The van der Waals surface area contributed by atoms with Gasteiger partial charge in [0.05, 0.1) is 5.56 Å². The number of carbonyl (C=O) groups excluding carboxylic acids is 2. The molecule has 4 aliphatic rings. The lowest BCUT2D eigenvalue weighted by molar-refractivity contribution is -0.169. The molecule has 8 heteroatoms. The molecule has 1 aromatic carbocycles. The number of benzene rings is 1. The minimum atomic E-state index is -0.297. The quantitative estimate of drug-likeness (QED) is 0.619. The second kappa shape index (κ2) is 8.18. The summed E-state index contributed by atoms with van der Waals surface area (Å²) in [5, 5.41) is 3.13. The third-order valence-corrected chi connectivity index (χ3v) is 7.74. The molecule has 3 aliphatic carbocycles. The average Bonchev–Trinajstić information content (AvgIpc) is 2.73. The van der Waals surface area contributed by atoms with Crippen LogP contribution in [0.2, 0.25) is 0 Å². The first kappa shape index (κ1) is 22.0. The van der Waals surface area contributed by atoms with Gasteiger partial charge in [-0.3, -0.25) is 14.6 Å². The van der Waals surface area contributed by atoms with Crippen LogP contribution in [0.5, 0.6) is 0 Å². The number of hydrogen-bond donors (Lipinski definition) is 3. The number of halogens is 1. The summed E-state index contributed by atoms with van der Waals surface area (Å²) in [7, 11) is 0. The summed E-state index contributed by atoms with van der Waals surface area (Å²) in [6.45, 7) is 0.977. The molecule has 3 atom stereocenters. The van der Waals surface area contributed by atoms with Crippen molar-refractivity contribution in [1.82, 2.24) is 15.2 Å². The van der Waals surface area contributed by atoms with Crippen molar-refractivity contribution in [3.05, 3.63) is 65.7 Å². The number of nitrogens with two attached hydrogens (primary N) is 2. The van der Waals surface area contributed by atoms with Crippen molar-refractivity contribution in [1.29, 1.82) is 0 Å². The minimum absolute atomic E-state index is 0.0177. The Hall–Kier alpha value is -2.84. The van der Waals surface area contributed by atoms with Crippen LogP contribution in [0.3, 0.4) is 0 Å². The highest BCUT2D eigenvalue weighted by atomic mass is 19.1. The Kier molecular flexibility index (Phi) is 5.45. The second-order valence-electron chi connectivity index (χ2n) is 10.2. The Bertz CT molecular complexity index is 1010. The summed E-state index contributed by atoms with van der Waals surface area (Å²) in [5.74, 6) is -0.503. The van der Waals surface area contributed by atoms with Gasteiger partial charge in [-0.2, -0.15) is 0 Å². The largest absolute Gasteiger partial charge is 0.348 e. The maximum Gasteiger partial charge on any atom is 0.253 e. The molecule has 1 aromatic heterocycles. The van der Waals surface area contributed by atoms with E-state index in [0.29, 0.717) is 25.1 Å². The number of nitrogens with zero attached hydrogens (tertiary/aromatic N) is 2. The molecular weight excluding hydrogens is 421 g/mol. The normalized spacial score (nSPS) is 31.2. The predicted octanol–water partition coefficient (Wildman–Crippen LogP) is 1.72. The molecule has 0 spiro atoms. The van der Waals surface area contributed by atoms with E-state index in [9.17, 15) is 14.0 Å². The van der Waals surface area contributed by atoms with Crippen LogP contribution >= 0.6 is 0 Å². The van der Waals surface area contributed by atoms with E-state index in [1.54, 1.807) is 23.2 Å². The van der Waals surface area contributed by atoms with Gasteiger partial charge in [0.15, 0.2) is 0 Å². The van der Waals surface area contributed by atoms with Crippen molar-refractivity contribution in [3.8, 4) is 0 Å². The lowest BCUT2D eigenvalue weighted by Crippen LogP contribution is -2.72. The van der Waals surface area contributed by atoms with E-state index in [1.807, 2.05) is 12.1 Å². The van der Waals surface area contributed by atoms with Crippen LogP contribution in [0, 0.1) is 11.2 Å². The fraction of sp³-hybridized carbons (Fsp3) is 0.480. The first-order valence-corrected chi connectivity index (χ1v) is 11.5. The third-order valence-electron chi connectivity index (χ3n) is 7.74. The molecule has 7 nitrogen and oxygen atoms in total. The zero-order chi connectivity index (χ0) is 23.2. The van der Waals surface area contributed by atoms with Gasteiger partial charge in [0.1, 0.15) is 5.82 Å². The van der Waals surface area contributed by atoms with E-state index in [4.69, 9.17) is 11.5 Å². The topological polar surface area (TPSA) is 114 Å². The van der Waals surface area contributed by atoms with Gasteiger partial charge in [-0.1, -0.05) is 12.1 Å². The van der Waals surface area contributed by atoms with Gasteiger partial charge < -0.3 is 21.7 Å². The van der Waals surface area contributed by atoms with E-state index >= 15 is 0 Å². The summed E-state index contributed by atoms with van der Waals surface area (Å²) >= 11 is 0. The molecule has 3 saturated carbocycles. The fourth-order valence-corrected chi connectivity index (χ4v) is 6.19. The number of pyridine rings is 1. The monoisotopic (exact) mass is 451 g/mol. The van der Waals surface area contributed by atoms with Crippen LogP contribution in [-0.4, -0.2) is 52.9 Å². The van der Waals surface area contributed by atoms with E-state index in [1.165, 1.54) is 18.3 Å². The predicted molar refractivity (Wildman–Crippen MR) is 122 cm³/mol. The highest BCUT2D eigenvalue weighted by Crippen LogP contribution is 2.75. The zero-order valence-electron chi connectivity index (χ0n) is 18.5. The van der Waals surface area contributed by atoms with Crippen molar-refractivity contribution in [3.63, 3.8) is 0 Å². The van der Waals surface area contributed by atoms with E-state index < -0.39 is 0 Å². The van der Waals surface area contributed by atoms with Gasteiger partial charge in [0.2, 0.25) is 5.91 Å². The molecule has 2 bridgehead atoms. The second-order valence-corrected chi connectivity index (χ2v) is 10.2. The first-order valence-electron chi connectivity index (χ1n) is 11.5. The Labute approximate surface area is 192 Å². The molecule has 5 N–H and O–H groups in total. The lowest BCUT2D eigenvalue weighted by atomic mass is 9.31. The smallest absolute Gasteiger partial charge is 0.253 e. The number of amides is 2. The Morgan fingerprint density at radius 1 is 1.12 bits per heavy atom. The Balaban J connectivity index is 1.32. The first-order chi connectivity index (χ1) is 15.8. The highest BCUT2D eigenvalue weighted by Gasteiger charge is 2.71. The van der Waals surface area contributed by atoms with Gasteiger partial charge in [-0.05, 0) is 66.3 Å². The van der Waals surface area contributed by atoms with Gasteiger partial charge in [0, 0.05) is 50.0 Å². The van der Waals surface area contributed by atoms with Crippen molar-refractivity contribution >= 4 is 11.8 Å². The summed E-state index contributed by atoms with van der Waals surface area (Å²) in [6.07, 6.45) is 6.68. The summed E-state index contributed by atoms with van der Waals surface area (Å²) in [6, 6.07) is 9.58. The average molecular weight is 452 g/mol. The SMILES string of the molecule is NC1CC(N)CN(C(=O)CC(NC(=O)c2cccnc2)C23CC(c4ccc(F)cc4)(C2)C3)C1. The number of nitrogens with one attached hydrogen (secondary N) is 1. The number of rotatable bonds is 6. The van der Waals surface area contributed by atoms with Gasteiger partial charge in [-0.25, -0.2) is 4.39 Å². The number of likely N-dealkylation sites (tertiary alicyclic amines) is 1. The van der Waals surface area contributed by atoms with Crippen molar-refractivity contribution in [2.75, 3.05) is 13.1 Å². The van der Waals surface area contributed by atoms with Gasteiger partial charge in [-0.15, -0.1) is 0 Å². The Morgan fingerprint density at radius 3 is 2.39 bits per heavy atom. The molecule has 1 saturated heterocycles. The summed E-state index contributed by atoms with van der Waals surface area (Å²) in [5.41, 5.74) is 13.7. The van der Waals surface area contributed by atoms with Crippen LogP contribution in [0.4, 0.5) is 4.39 Å². The van der Waals surface area contributed by atoms with Crippen LogP contribution in [0.15, 0.2) is 48.8 Å². The van der Waals surface area contributed by atoms with Gasteiger partial charge in [0.25, 0.3) is 5.91 Å². The van der Waals surface area contributed by atoms with E-state index in [2.05, 4.69) is 10.3 Å². The third kappa shape index (κ3) is 4.02. The fourth-order valence-electron chi connectivity index (χ4n) is 6.19. The summed E-state index contributed by atoms with van der Waals surface area (Å²) in [4.78, 5) is 31.9. The molecule has 33 heavy (non-hydrogen) atoms. The Morgan fingerprint density at radius 2 is 1.79 bits per heavy atom. The summed E-state index contributed by atoms with van der Waals surface area (Å²) < 4.78 is 13.4. The number of hydrogen-bond acceptors (Lipinski definition) is 5. The van der Waals surface area contributed by atoms with Crippen LogP contribution in [0.1, 0.15) is 48.0 Å². The standard InChI is InChI=1S/C25H30FN5O2/c26-18-5-3-17(4-6-18)24-13-25(14-24,15-24)21(30-23(33)16-2-1-7-29-10-16)9-22(32)31-11-19(27)8-20(28)12-31/h1-7,10,19-21H,8-9,11-15,27-28H2,(H,30,33). The van der Waals surface area contributed by atoms with Crippen molar-refractivity contribution in [2.45, 2.75) is 55.6 Å². The highest BCUT2D eigenvalue weighted by molar-refractivity contribution is 5.94. The molecule has 4 fully saturated rings. The molecule has 2 aromatic rings. The maximum atomic E-state index is 13.4. The van der Waals surface area contributed by atoms with Crippen LogP contribution in [0.25, 0.3) is 0 Å². The molecular formula is C25H30FN5O2. The molecule has 3 unspecified atom stereocenters. The molecule has 6 rings (SSSR count). The molecule has 0 radical (unpaired) electrons. The van der Waals surface area contributed by atoms with Gasteiger partial charge >= 0.3 is 0 Å². The van der Waals surface area contributed by atoms with Crippen LogP contribution in [-0.2, 0) is 10.2 Å². The molecule has 1 aliphatic heterocycles. The van der Waals surface area contributed by atoms with Crippen molar-refractivity contribution in [2.24, 2.45) is 16.9 Å². The van der Waals surface area contributed by atoms with E-state index in [0.717, 1.165) is 24.8 Å². The zero-order valence-corrected chi connectivity index (χ0v) is 18.5. The minimum Gasteiger partial charge on any atom is -0.348 e. The number of aromatic nitrogens is 1. The molecule has 2 heterocycles. The number of piperidine rings is 1.